The lowest BCUT2D eigenvalue weighted by atomic mass is 9.79. The number of aryl methyl sites for hydroxylation is 2. The number of benzene rings is 2. The summed E-state index contributed by atoms with van der Waals surface area (Å²) in [6.45, 7) is 8.54. The van der Waals surface area contributed by atoms with Crippen molar-refractivity contribution in [1.82, 2.24) is 40.1 Å². The van der Waals surface area contributed by atoms with Gasteiger partial charge < -0.3 is 20.1 Å². The van der Waals surface area contributed by atoms with Crippen LogP contribution in [0.2, 0.25) is 10.0 Å². The van der Waals surface area contributed by atoms with E-state index in [1.807, 2.05) is 42.6 Å². The Morgan fingerprint density at radius 2 is 1.96 bits per heavy atom. The number of carbonyl (C=O) groups is 2. The van der Waals surface area contributed by atoms with Crippen LogP contribution in [0.4, 0.5) is 4.39 Å². The van der Waals surface area contributed by atoms with E-state index in [0.29, 0.717) is 63.8 Å². The van der Waals surface area contributed by atoms with Crippen molar-refractivity contribution in [1.29, 1.82) is 5.26 Å². The summed E-state index contributed by atoms with van der Waals surface area (Å²) in [5.41, 5.74) is 4.15. The van der Waals surface area contributed by atoms with Gasteiger partial charge in [-0.15, -0.1) is 5.10 Å². The van der Waals surface area contributed by atoms with Crippen molar-refractivity contribution in [2.45, 2.75) is 95.9 Å². The van der Waals surface area contributed by atoms with Crippen molar-refractivity contribution in [3.63, 3.8) is 0 Å². The number of fused-ring (bicyclic) bond motifs is 4. The van der Waals surface area contributed by atoms with Gasteiger partial charge >= 0.3 is 0 Å². The lowest BCUT2D eigenvalue weighted by Crippen LogP contribution is -2.41. The lowest BCUT2D eigenvalue weighted by Gasteiger charge is -2.39. The number of halogens is 3. The standard InChI is InChI=1S/C41H42Cl2FN9O2/c1-20-27-16-32(31-15-25(18-51(31)40(55)22-10-11-22)52-19-33(49-50-52)41(3,4)48-21(2)54)53(38-24-14-30(38)46-17-24)39(27)28-13-23(7-6-12-45)34(36(44)37(28)47-20)26-8-5-9-29(42)35(26)43/h5,8-9,13,16,19,22,24-25,30-31,38,46H,6-7,10-11,14-15,17-18H2,1-4H3,(H,48,54). The van der Waals surface area contributed by atoms with Gasteiger partial charge in [-0.25, -0.2) is 14.1 Å². The van der Waals surface area contributed by atoms with E-state index in [2.05, 4.69) is 37.6 Å². The lowest BCUT2D eigenvalue weighted by molar-refractivity contribution is -0.133. The maximum Gasteiger partial charge on any atom is 0.226 e. The van der Waals surface area contributed by atoms with Crippen LogP contribution in [-0.2, 0) is 21.5 Å². The number of aromatic nitrogens is 5. The van der Waals surface area contributed by atoms with Gasteiger partial charge in [0.05, 0.1) is 51.5 Å². The van der Waals surface area contributed by atoms with Crippen LogP contribution < -0.4 is 10.6 Å². The number of hydrogen-bond acceptors (Lipinski definition) is 7. The van der Waals surface area contributed by atoms with Gasteiger partial charge in [-0.1, -0.05) is 40.5 Å². The van der Waals surface area contributed by atoms with E-state index in [1.165, 1.54) is 6.92 Å². The third-order valence-corrected chi connectivity index (χ3v) is 13.1. The van der Waals surface area contributed by atoms with Gasteiger partial charge in [-0.3, -0.25) is 9.59 Å². The maximum atomic E-state index is 17.3. The molecule has 2 aromatic carbocycles. The van der Waals surface area contributed by atoms with Gasteiger partial charge in [-0.05, 0) is 82.6 Å². The summed E-state index contributed by atoms with van der Waals surface area (Å²) >= 11 is 13.1. The first-order valence-corrected chi connectivity index (χ1v) is 19.8. The number of pyridine rings is 1. The van der Waals surface area contributed by atoms with E-state index in [0.717, 1.165) is 42.4 Å². The third-order valence-electron chi connectivity index (χ3n) is 12.3. The average molecular weight is 783 g/mol. The summed E-state index contributed by atoms with van der Waals surface area (Å²) in [6, 6.07) is 11.5. The summed E-state index contributed by atoms with van der Waals surface area (Å²) < 4.78 is 21.5. The Kier molecular flexibility index (Phi) is 8.72. The first kappa shape index (κ1) is 36.1. The monoisotopic (exact) mass is 781 g/mol. The van der Waals surface area contributed by atoms with E-state index >= 15 is 4.39 Å². The summed E-state index contributed by atoms with van der Waals surface area (Å²) in [6.07, 6.45) is 5.80. The minimum absolute atomic E-state index is 0.00314. The first-order valence-electron chi connectivity index (χ1n) is 19.1. The Morgan fingerprint density at radius 3 is 2.65 bits per heavy atom. The fourth-order valence-electron chi connectivity index (χ4n) is 9.44. The van der Waals surface area contributed by atoms with Crippen molar-refractivity contribution < 1.29 is 14.0 Å². The normalized spacial score (nSPS) is 23.4. The highest BCUT2D eigenvalue weighted by molar-refractivity contribution is 6.43. The molecule has 2 aliphatic carbocycles. The second kappa shape index (κ2) is 13.3. The molecule has 2 amide bonds. The molecule has 2 bridgehead atoms. The van der Waals surface area contributed by atoms with Crippen molar-refractivity contribution in [2.75, 3.05) is 13.1 Å². The van der Waals surface area contributed by atoms with Crippen LogP contribution in [-0.4, -0.2) is 60.4 Å². The fourth-order valence-corrected chi connectivity index (χ4v) is 9.83. The number of carbonyl (C=O) groups excluding carboxylic acids is 2. The molecule has 3 saturated heterocycles. The number of hydrogen-bond donors (Lipinski definition) is 2. The average Bonchev–Trinajstić information content (AvgIpc) is 3.64. The Labute approximate surface area is 328 Å². The molecule has 0 spiro atoms. The van der Waals surface area contributed by atoms with Crippen molar-refractivity contribution in [3.8, 4) is 17.2 Å². The molecule has 14 heteroatoms. The van der Waals surface area contributed by atoms with Crippen molar-refractivity contribution in [2.24, 2.45) is 11.8 Å². The molecule has 5 aliphatic rings. The van der Waals surface area contributed by atoms with Crippen LogP contribution in [0, 0.1) is 35.9 Å². The maximum absolute atomic E-state index is 17.3. The van der Waals surface area contributed by atoms with Gasteiger partial charge in [0.1, 0.15) is 11.2 Å². The van der Waals surface area contributed by atoms with Gasteiger partial charge in [0.2, 0.25) is 11.8 Å². The number of likely N-dealkylation sites (tertiary alicyclic amines) is 1. The molecule has 55 heavy (non-hydrogen) atoms. The second-order valence-electron chi connectivity index (χ2n) is 16.3. The molecule has 3 aliphatic heterocycles. The predicted molar refractivity (Wildman–Crippen MR) is 208 cm³/mol. The van der Waals surface area contributed by atoms with Gasteiger partial charge in [0.25, 0.3) is 0 Å². The zero-order valence-electron chi connectivity index (χ0n) is 31.2. The SMILES string of the molecule is CC(=O)NC(C)(C)c1cn(C2CC(c3cc4c(C)nc5c(F)c(-c6cccc(Cl)c6Cl)c(CCC#N)cc5c4n3C3C4CNC3C4)N(C(=O)C3CC3)C2)nn1. The second-order valence-corrected chi connectivity index (χ2v) is 17.1. The molecule has 0 radical (unpaired) electrons. The summed E-state index contributed by atoms with van der Waals surface area (Å²) in [5, 5.41) is 27.4. The largest absolute Gasteiger partial charge is 0.346 e. The summed E-state index contributed by atoms with van der Waals surface area (Å²) in [5.74, 6) is -0.130. The number of nitrogens with one attached hydrogen (secondary N) is 2. The molecule has 3 aromatic heterocycles. The molecular formula is C41H42Cl2FN9O2. The minimum atomic E-state index is -0.723. The molecule has 11 nitrogen and oxygen atoms in total. The molecule has 5 atom stereocenters. The topological polar surface area (TPSA) is 134 Å². The summed E-state index contributed by atoms with van der Waals surface area (Å²) in [4.78, 5) is 33.1. The number of amides is 2. The molecule has 2 N–H and O–H groups in total. The zero-order valence-corrected chi connectivity index (χ0v) is 32.7. The molecule has 10 rings (SSSR count). The van der Waals surface area contributed by atoms with Gasteiger partial charge in [0, 0.05) is 71.7 Å². The van der Waals surface area contributed by atoms with Crippen molar-refractivity contribution in [3.05, 3.63) is 75.0 Å². The van der Waals surface area contributed by atoms with E-state index in [9.17, 15) is 14.9 Å². The molecule has 5 aromatic rings. The Balaban J connectivity index is 1.24. The van der Waals surface area contributed by atoms with E-state index in [-0.39, 0.29) is 58.9 Å². The fraction of sp³-hybridized carbons (Fsp3) is 0.463. The Bertz CT molecular complexity index is 2450. The van der Waals surface area contributed by atoms with Crippen LogP contribution in [0.5, 0.6) is 0 Å². The van der Waals surface area contributed by atoms with E-state index < -0.39 is 11.4 Å². The molecule has 2 saturated carbocycles. The van der Waals surface area contributed by atoms with Gasteiger partial charge in [-0.2, -0.15) is 5.26 Å². The molecule has 5 fully saturated rings. The van der Waals surface area contributed by atoms with Crippen LogP contribution in [0.1, 0.15) is 93.6 Å². The molecule has 5 unspecified atom stereocenters. The van der Waals surface area contributed by atoms with Crippen molar-refractivity contribution >= 4 is 56.8 Å². The smallest absolute Gasteiger partial charge is 0.226 e. The predicted octanol–water partition coefficient (Wildman–Crippen LogP) is 7.49. The van der Waals surface area contributed by atoms with E-state index in [4.69, 9.17) is 28.2 Å². The molecule has 284 valence electrons. The third kappa shape index (κ3) is 5.89. The Hall–Kier alpha value is -4.57. The summed E-state index contributed by atoms with van der Waals surface area (Å²) in [7, 11) is 0. The van der Waals surface area contributed by atoms with Crippen LogP contribution in [0.15, 0.2) is 36.5 Å². The Morgan fingerprint density at radius 1 is 1.16 bits per heavy atom. The van der Waals surface area contributed by atoms with Crippen LogP contribution >= 0.6 is 23.2 Å². The van der Waals surface area contributed by atoms with Gasteiger partial charge in [0.15, 0.2) is 5.82 Å². The number of nitrogens with zero attached hydrogens (tertiary/aromatic N) is 7. The molecular weight excluding hydrogens is 740 g/mol. The van der Waals surface area contributed by atoms with Crippen LogP contribution in [0.3, 0.4) is 0 Å². The highest BCUT2D eigenvalue weighted by Crippen LogP contribution is 2.52. The van der Waals surface area contributed by atoms with Crippen LogP contribution in [0.25, 0.3) is 32.9 Å². The first-order chi connectivity index (χ1) is 26.4. The highest BCUT2D eigenvalue weighted by atomic mass is 35.5. The van der Waals surface area contributed by atoms with E-state index in [1.54, 1.807) is 18.2 Å². The highest BCUT2D eigenvalue weighted by Gasteiger charge is 2.51. The quantitative estimate of drug-likeness (QED) is 0.158. The molecule has 6 heterocycles. The zero-order chi connectivity index (χ0) is 38.5. The number of nitriles is 1. The minimum Gasteiger partial charge on any atom is -0.346 e. The number of rotatable bonds is 9.